The molecule has 1 saturated carbocycles. The van der Waals surface area contributed by atoms with E-state index in [0.29, 0.717) is 17.9 Å². The Kier molecular flexibility index (Phi) is 5.11. The standard InChI is InChI=1S/C21H31N7O/c1-25(12-13-26-11-4-2-3-8-20(26)29)17-14-27(15-17)19-10-9-18-22-23-21(28(18)24-19)16-6-5-7-16/h9-10,16-17H,2-8,11-15H2,1H3. The Hall–Kier alpha value is -2.22. The number of anilines is 1. The van der Waals surface area contributed by atoms with Gasteiger partial charge in [0.05, 0.1) is 0 Å². The van der Waals surface area contributed by atoms with Crippen molar-refractivity contribution in [3.8, 4) is 0 Å². The van der Waals surface area contributed by atoms with Crippen LogP contribution in [0.15, 0.2) is 12.1 Å². The number of likely N-dealkylation sites (tertiary alicyclic amines) is 1. The molecule has 8 heteroatoms. The molecule has 2 aliphatic heterocycles. The third-order valence-electron chi connectivity index (χ3n) is 6.95. The van der Waals surface area contributed by atoms with Crippen molar-refractivity contribution in [1.29, 1.82) is 0 Å². The Labute approximate surface area is 171 Å². The molecule has 156 valence electrons. The maximum absolute atomic E-state index is 12.2. The van der Waals surface area contributed by atoms with E-state index in [2.05, 4.69) is 38.0 Å². The van der Waals surface area contributed by atoms with Crippen molar-refractivity contribution in [2.24, 2.45) is 0 Å². The Morgan fingerprint density at radius 3 is 2.76 bits per heavy atom. The Morgan fingerprint density at radius 2 is 1.97 bits per heavy atom. The van der Waals surface area contributed by atoms with Crippen LogP contribution < -0.4 is 4.90 Å². The molecule has 0 N–H and O–H groups in total. The third kappa shape index (κ3) is 3.70. The summed E-state index contributed by atoms with van der Waals surface area (Å²) in [5.41, 5.74) is 0.840. The highest BCUT2D eigenvalue weighted by atomic mass is 16.2. The number of rotatable bonds is 6. The van der Waals surface area contributed by atoms with Crippen LogP contribution >= 0.6 is 0 Å². The number of fused-ring (bicyclic) bond motifs is 1. The van der Waals surface area contributed by atoms with E-state index in [1.54, 1.807) is 0 Å². The maximum Gasteiger partial charge on any atom is 0.222 e. The second kappa shape index (κ2) is 7.89. The minimum absolute atomic E-state index is 0.333. The van der Waals surface area contributed by atoms with Crippen molar-refractivity contribution in [3.05, 3.63) is 18.0 Å². The van der Waals surface area contributed by atoms with Gasteiger partial charge in [0.2, 0.25) is 5.91 Å². The number of nitrogens with zero attached hydrogens (tertiary/aromatic N) is 7. The second-order valence-electron chi connectivity index (χ2n) is 8.88. The molecule has 0 aromatic carbocycles. The number of aromatic nitrogens is 4. The summed E-state index contributed by atoms with van der Waals surface area (Å²) in [5, 5.41) is 13.5. The van der Waals surface area contributed by atoms with E-state index in [4.69, 9.17) is 5.10 Å². The minimum atomic E-state index is 0.333. The van der Waals surface area contributed by atoms with E-state index in [1.807, 2.05) is 10.6 Å². The molecule has 2 aromatic rings. The summed E-state index contributed by atoms with van der Waals surface area (Å²) in [7, 11) is 2.18. The molecule has 0 bridgehead atoms. The van der Waals surface area contributed by atoms with Crippen LogP contribution in [0.1, 0.15) is 56.7 Å². The number of carbonyl (C=O) groups is 1. The zero-order chi connectivity index (χ0) is 19.8. The van der Waals surface area contributed by atoms with E-state index < -0.39 is 0 Å². The SMILES string of the molecule is CN(CCN1CCCCCC1=O)C1CN(c2ccc3nnc(C4CCC4)n3n2)C1. The maximum atomic E-state index is 12.2. The highest BCUT2D eigenvalue weighted by Crippen LogP contribution is 2.35. The molecular weight excluding hydrogens is 366 g/mol. The zero-order valence-corrected chi connectivity index (χ0v) is 17.3. The molecule has 3 aliphatic rings. The van der Waals surface area contributed by atoms with Crippen molar-refractivity contribution < 1.29 is 4.79 Å². The van der Waals surface area contributed by atoms with Gasteiger partial charge in [0.1, 0.15) is 5.82 Å². The van der Waals surface area contributed by atoms with Crippen molar-refractivity contribution in [2.75, 3.05) is 44.7 Å². The Bertz CT molecular complexity index is 871. The van der Waals surface area contributed by atoms with Gasteiger partial charge in [-0.25, -0.2) is 0 Å². The molecule has 1 amide bonds. The highest BCUT2D eigenvalue weighted by molar-refractivity contribution is 5.76. The average molecular weight is 398 g/mol. The lowest BCUT2D eigenvalue weighted by Crippen LogP contribution is -2.59. The third-order valence-corrected chi connectivity index (χ3v) is 6.95. The first kappa shape index (κ1) is 18.8. The lowest BCUT2D eigenvalue weighted by atomic mass is 9.85. The van der Waals surface area contributed by atoms with E-state index in [-0.39, 0.29) is 0 Å². The average Bonchev–Trinajstić information content (AvgIpc) is 2.92. The van der Waals surface area contributed by atoms with Gasteiger partial charge in [-0.15, -0.1) is 15.3 Å². The van der Waals surface area contributed by atoms with Crippen molar-refractivity contribution in [3.63, 3.8) is 0 Å². The summed E-state index contributed by atoms with van der Waals surface area (Å²) >= 11 is 0. The fourth-order valence-corrected chi connectivity index (χ4v) is 4.54. The molecule has 0 unspecified atom stereocenters. The highest BCUT2D eigenvalue weighted by Gasteiger charge is 2.32. The molecule has 0 atom stereocenters. The zero-order valence-electron chi connectivity index (χ0n) is 17.3. The first-order valence-electron chi connectivity index (χ1n) is 11.1. The number of likely N-dealkylation sites (N-methyl/N-ethyl adjacent to an activating group) is 1. The largest absolute Gasteiger partial charge is 0.352 e. The van der Waals surface area contributed by atoms with Crippen LogP contribution in [0.2, 0.25) is 0 Å². The van der Waals surface area contributed by atoms with Gasteiger partial charge < -0.3 is 9.80 Å². The lowest BCUT2D eigenvalue weighted by molar-refractivity contribution is -0.130. The number of hydrogen-bond acceptors (Lipinski definition) is 6. The quantitative estimate of drug-likeness (QED) is 0.742. The summed E-state index contributed by atoms with van der Waals surface area (Å²) in [6.45, 7) is 4.67. The summed E-state index contributed by atoms with van der Waals surface area (Å²) < 4.78 is 1.95. The van der Waals surface area contributed by atoms with E-state index in [0.717, 1.165) is 69.3 Å². The molecule has 4 heterocycles. The van der Waals surface area contributed by atoms with Gasteiger partial charge in [0, 0.05) is 51.1 Å². The number of amides is 1. The number of carbonyl (C=O) groups excluding carboxylic acids is 1. The molecular formula is C21H31N7O. The molecule has 1 aliphatic carbocycles. The molecule has 0 spiro atoms. The smallest absolute Gasteiger partial charge is 0.222 e. The van der Waals surface area contributed by atoms with Crippen molar-refractivity contribution in [2.45, 2.75) is 56.9 Å². The lowest BCUT2D eigenvalue weighted by Gasteiger charge is -2.45. The van der Waals surface area contributed by atoms with Gasteiger partial charge in [-0.05, 0) is 44.9 Å². The van der Waals surface area contributed by atoms with Gasteiger partial charge in [0.25, 0.3) is 0 Å². The Balaban J connectivity index is 1.16. The predicted molar refractivity (Wildman–Crippen MR) is 111 cm³/mol. The summed E-state index contributed by atoms with van der Waals surface area (Å²) in [4.78, 5) is 19.0. The topological polar surface area (TPSA) is 69.9 Å². The molecule has 5 rings (SSSR count). The normalized spacial score (nSPS) is 21.5. The summed E-state index contributed by atoms with van der Waals surface area (Å²) in [6.07, 6.45) is 7.78. The Morgan fingerprint density at radius 1 is 1.10 bits per heavy atom. The van der Waals surface area contributed by atoms with Crippen molar-refractivity contribution >= 4 is 17.4 Å². The van der Waals surface area contributed by atoms with Crippen LogP contribution in [-0.2, 0) is 4.79 Å². The molecule has 8 nitrogen and oxygen atoms in total. The van der Waals surface area contributed by atoms with Gasteiger partial charge in [-0.3, -0.25) is 9.69 Å². The van der Waals surface area contributed by atoms with Gasteiger partial charge in [-0.1, -0.05) is 12.8 Å². The number of hydrogen-bond donors (Lipinski definition) is 0. The van der Waals surface area contributed by atoms with Gasteiger partial charge in [0.15, 0.2) is 11.5 Å². The minimum Gasteiger partial charge on any atom is -0.352 e. The molecule has 2 saturated heterocycles. The van der Waals surface area contributed by atoms with E-state index >= 15 is 0 Å². The van der Waals surface area contributed by atoms with Gasteiger partial charge in [-0.2, -0.15) is 4.52 Å². The molecule has 29 heavy (non-hydrogen) atoms. The van der Waals surface area contributed by atoms with Crippen LogP contribution in [0.3, 0.4) is 0 Å². The molecule has 0 radical (unpaired) electrons. The van der Waals surface area contributed by atoms with Crippen molar-refractivity contribution in [1.82, 2.24) is 29.6 Å². The summed E-state index contributed by atoms with van der Waals surface area (Å²) in [5.74, 6) is 2.87. The fourth-order valence-electron chi connectivity index (χ4n) is 4.54. The van der Waals surface area contributed by atoms with Crippen LogP contribution in [0.5, 0.6) is 0 Å². The fraction of sp³-hybridized carbons (Fsp3) is 0.714. The van der Waals surface area contributed by atoms with Crippen LogP contribution in [0.4, 0.5) is 5.82 Å². The van der Waals surface area contributed by atoms with Crippen LogP contribution in [0, 0.1) is 0 Å². The first-order valence-corrected chi connectivity index (χ1v) is 11.1. The summed E-state index contributed by atoms with van der Waals surface area (Å²) in [6, 6.07) is 4.60. The van der Waals surface area contributed by atoms with Crippen LogP contribution in [0.25, 0.3) is 5.65 Å². The molecule has 3 fully saturated rings. The van der Waals surface area contributed by atoms with E-state index in [9.17, 15) is 4.79 Å². The van der Waals surface area contributed by atoms with Crippen LogP contribution in [-0.4, -0.2) is 81.3 Å². The predicted octanol–water partition coefficient (Wildman–Crippen LogP) is 1.91. The monoisotopic (exact) mass is 397 g/mol. The van der Waals surface area contributed by atoms with Gasteiger partial charge >= 0.3 is 0 Å². The molecule has 2 aromatic heterocycles. The van der Waals surface area contributed by atoms with E-state index in [1.165, 1.54) is 25.7 Å². The second-order valence-corrected chi connectivity index (χ2v) is 8.88. The first-order chi connectivity index (χ1) is 14.2.